The molecule has 1 N–H and O–H groups in total. The van der Waals surface area contributed by atoms with Crippen LogP contribution in [0.25, 0.3) is 10.9 Å². The first-order valence-electron chi connectivity index (χ1n) is 13.7. The third-order valence-corrected chi connectivity index (χ3v) is 7.37. The molecule has 1 heterocycles. The Balaban J connectivity index is 1.36. The summed E-state index contributed by atoms with van der Waals surface area (Å²) in [6.45, 7) is 8.18. The van der Waals surface area contributed by atoms with Crippen molar-refractivity contribution in [3.05, 3.63) is 136 Å². The van der Waals surface area contributed by atoms with E-state index in [2.05, 4.69) is 74.3 Å². The zero-order valence-corrected chi connectivity index (χ0v) is 24.0. The highest BCUT2D eigenvalue weighted by Crippen LogP contribution is 2.26. The average Bonchev–Trinajstić information content (AvgIpc) is 3.42. The Morgan fingerprint density at radius 2 is 1.60 bits per heavy atom. The molecule has 0 bridgehead atoms. The van der Waals surface area contributed by atoms with Gasteiger partial charge in [-0.3, -0.25) is 4.79 Å². The molecule has 1 aromatic heterocycles. The Morgan fingerprint density at radius 1 is 0.850 bits per heavy atom. The monoisotopic (exact) mass is 550 g/mol. The first-order valence-corrected chi connectivity index (χ1v) is 14.0. The number of halogens is 1. The lowest BCUT2D eigenvalue weighted by molar-refractivity contribution is 0.0747. The molecule has 0 spiro atoms. The fraction of sp³-hybridized carbons (Fsp3) is 0.229. The van der Waals surface area contributed by atoms with E-state index in [0.29, 0.717) is 36.7 Å². The van der Waals surface area contributed by atoms with E-state index < -0.39 is 0 Å². The van der Waals surface area contributed by atoms with Gasteiger partial charge in [0.15, 0.2) is 0 Å². The molecule has 0 saturated carbocycles. The van der Waals surface area contributed by atoms with E-state index in [0.717, 1.165) is 33.3 Å². The molecule has 0 fully saturated rings. The second kappa shape index (κ2) is 12.0. The third-order valence-electron chi connectivity index (χ3n) is 7.15. The van der Waals surface area contributed by atoms with Gasteiger partial charge in [-0.2, -0.15) is 0 Å². The molecule has 5 aromatic rings. The summed E-state index contributed by atoms with van der Waals surface area (Å²) >= 11 is 6.42. The van der Waals surface area contributed by atoms with E-state index >= 15 is 0 Å². The average molecular weight is 551 g/mol. The number of aromatic amines is 1. The molecule has 4 nitrogen and oxygen atoms in total. The number of amides is 1. The lowest BCUT2D eigenvalue weighted by atomic mass is 9.87. The van der Waals surface area contributed by atoms with Crippen LogP contribution in [-0.4, -0.2) is 22.3 Å². The van der Waals surface area contributed by atoms with Crippen LogP contribution in [0.1, 0.15) is 53.4 Å². The number of carbonyl (C=O) groups is 1. The van der Waals surface area contributed by atoms with Gasteiger partial charge in [0.2, 0.25) is 0 Å². The van der Waals surface area contributed by atoms with Gasteiger partial charge in [0.25, 0.3) is 5.91 Å². The van der Waals surface area contributed by atoms with Crippen LogP contribution in [0.3, 0.4) is 0 Å². The first-order chi connectivity index (χ1) is 19.3. The maximum absolute atomic E-state index is 14.0. The molecular weight excluding hydrogens is 516 g/mol. The summed E-state index contributed by atoms with van der Waals surface area (Å²) in [5, 5.41) is 1.47. The van der Waals surface area contributed by atoms with Crippen molar-refractivity contribution in [2.45, 2.75) is 45.8 Å². The summed E-state index contributed by atoms with van der Waals surface area (Å²) in [6.07, 6.45) is 2.54. The Hall–Kier alpha value is -4.02. The van der Waals surface area contributed by atoms with Crippen molar-refractivity contribution in [3.8, 4) is 5.75 Å². The quantitative estimate of drug-likeness (QED) is 0.200. The normalized spacial score (nSPS) is 11.5. The van der Waals surface area contributed by atoms with Gasteiger partial charge in [-0.1, -0.05) is 99.1 Å². The number of rotatable bonds is 9. The number of H-pyrrole nitrogens is 1. The molecule has 5 heteroatoms. The molecule has 0 radical (unpaired) electrons. The second-order valence-corrected chi connectivity index (χ2v) is 11.7. The molecule has 0 unspecified atom stereocenters. The summed E-state index contributed by atoms with van der Waals surface area (Å²) < 4.78 is 6.04. The SMILES string of the molecule is CC(C)(C)c1ccc(CN(CCc2cccc(OCc3ccccc3)c2)C(=O)c2cc(Cl)cc3cc[nH]c23)cc1. The van der Waals surface area contributed by atoms with Crippen molar-refractivity contribution >= 4 is 28.4 Å². The number of aromatic nitrogens is 1. The van der Waals surface area contributed by atoms with E-state index in [1.54, 1.807) is 6.07 Å². The number of carbonyl (C=O) groups excluding carboxylic acids is 1. The molecule has 40 heavy (non-hydrogen) atoms. The number of nitrogens with zero attached hydrogens (tertiary/aromatic N) is 1. The Kier molecular flexibility index (Phi) is 8.27. The van der Waals surface area contributed by atoms with Crippen LogP contribution in [0.5, 0.6) is 5.75 Å². The van der Waals surface area contributed by atoms with E-state index in [1.165, 1.54) is 5.56 Å². The lowest BCUT2D eigenvalue weighted by Gasteiger charge is -2.25. The van der Waals surface area contributed by atoms with Crippen molar-refractivity contribution in [1.82, 2.24) is 9.88 Å². The smallest absolute Gasteiger partial charge is 0.256 e. The van der Waals surface area contributed by atoms with Gasteiger partial charge < -0.3 is 14.6 Å². The highest BCUT2D eigenvalue weighted by atomic mass is 35.5. The lowest BCUT2D eigenvalue weighted by Crippen LogP contribution is -2.32. The second-order valence-electron chi connectivity index (χ2n) is 11.2. The zero-order valence-electron chi connectivity index (χ0n) is 23.3. The van der Waals surface area contributed by atoms with Crippen molar-refractivity contribution in [1.29, 1.82) is 0 Å². The van der Waals surface area contributed by atoms with Crippen LogP contribution in [0.2, 0.25) is 5.02 Å². The molecule has 1 amide bonds. The van der Waals surface area contributed by atoms with Crippen LogP contribution >= 0.6 is 11.6 Å². The minimum Gasteiger partial charge on any atom is -0.489 e. The highest BCUT2D eigenvalue weighted by molar-refractivity contribution is 6.32. The first kappa shape index (κ1) is 27.5. The minimum atomic E-state index is -0.0497. The maximum Gasteiger partial charge on any atom is 0.256 e. The van der Waals surface area contributed by atoms with Crippen molar-refractivity contribution in [2.75, 3.05) is 6.54 Å². The zero-order chi connectivity index (χ0) is 28.1. The minimum absolute atomic E-state index is 0.0497. The van der Waals surface area contributed by atoms with Crippen LogP contribution in [0.4, 0.5) is 0 Å². The summed E-state index contributed by atoms with van der Waals surface area (Å²) in [7, 11) is 0. The molecule has 0 atom stereocenters. The maximum atomic E-state index is 14.0. The molecule has 0 aliphatic heterocycles. The van der Waals surface area contributed by atoms with Gasteiger partial charge in [0, 0.05) is 29.7 Å². The standard InChI is InChI=1S/C35H35ClN2O2/c1-35(2,3)29-14-12-26(13-15-29)23-38(34(39)32-22-30(36)21-28-16-18-37-33(28)32)19-17-25-10-7-11-31(20-25)40-24-27-8-5-4-6-9-27/h4-16,18,20-22,37H,17,19,23-24H2,1-3H3. The molecule has 4 aromatic carbocycles. The number of ether oxygens (including phenoxy) is 1. The predicted molar refractivity (Wildman–Crippen MR) is 164 cm³/mol. The number of hydrogen-bond donors (Lipinski definition) is 1. The van der Waals surface area contributed by atoms with Gasteiger partial charge in [0.05, 0.1) is 11.1 Å². The topological polar surface area (TPSA) is 45.3 Å². The summed E-state index contributed by atoms with van der Waals surface area (Å²) in [5.74, 6) is 0.770. The Morgan fingerprint density at radius 3 is 2.35 bits per heavy atom. The molecular formula is C35H35ClN2O2. The van der Waals surface area contributed by atoms with Gasteiger partial charge in [-0.15, -0.1) is 0 Å². The summed E-state index contributed by atoms with van der Waals surface area (Å²) in [4.78, 5) is 19.1. The van der Waals surface area contributed by atoms with Gasteiger partial charge >= 0.3 is 0 Å². The highest BCUT2D eigenvalue weighted by Gasteiger charge is 2.21. The van der Waals surface area contributed by atoms with Crippen LogP contribution in [0, 0.1) is 0 Å². The Labute approximate surface area is 241 Å². The molecule has 5 rings (SSSR count). The van der Waals surface area contributed by atoms with Crippen molar-refractivity contribution in [3.63, 3.8) is 0 Å². The van der Waals surface area contributed by atoms with E-state index in [4.69, 9.17) is 16.3 Å². The van der Waals surface area contributed by atoms with E-state index in [-0.39, 0.29) is 11.3 Å². The largest absolute Gasteiger partial charge is 0.489 e. The van der Waals surface area contributed by atoms with Crippen molar-refractivity contribution < 1.29 is 9.53 Å². The van der Waals surface area contributed by atoms with E-state index in [1.807, 2.05) is 53.6 Å². The third kappa shape index (κ3) is 6.75. The van der Waals surface area contributed by atoms with Crippen molar-refractivity contribution in [2.24, 2.45) is 0 Å². The molecule has 0 aliphatic rings. The van der Waals surface area contributed by atoms with Gasteiger partial charge in [-0.25, -0.2) is 0 Å². The number of nitrogens with one attached hydrogen (secondary N) is 1. The molecule has 204 valence electrons. The fourth-order valence-electron chi connectivity index (χ4n) is 4.85. The number of benzene rings is 4. The summed E-state index contributed by atoms with van der Waals surface area (Å²) in [6, 6.07) is 32.4. The molecule has 0 saturated heterocycles. The van der Waals surface area contributed by atoms with Crippen LogP contribution in [0.15, 0.2) is 103 Å². The Bertz CT molecular complexity index is 1580. The van der Waals surface area contributed by atoms with Crippen LogP contribution in [-0.2, 0) is 25.0 Å². The van der Waals surface area contributed by atoms with E-state index in [9.17, 15) is 4.79 Å². The fourth-order valence-corrected chi connectivity index (χ4v) is 5.08. The number of fused-ring (bicyclic) bond motifs is 1. The van der Waals surface area contributed by atoms with Gasteiger partial charge in [-0.05, 0) is 64.4 Å². The molecule has 0 aliphatic carbocycles. The van der Waals surface area contributed by atoms with Crippen LogP contribution < -0.4 is 4.74 Å². The van der Waals surface area contributed by atoms with Gasteiger partial charge in [0.1, 0.15) is 12.4 Å². The summed E-state index contributed by atoms with van der Waals surface area (Å²) in [5.41, 5.74) is 6.05. The number of hydrogen-bond acceptors (Lipinski definition) is 2. The predicted octanol–water partition coefficient (Wildman–Crippen LogP) is 8.58.